The monoisotopic (exact) mass is 280 g/mol. The van der Waals surface area contributed by atoms with Crippen molar-refractivity contribution in [3.05, 3.63) is 51.2 Å². The van der Waals surface area contributed by atoms with Gasteiger partial charge in [-0.3, -0.25) is 4.79 Å². The Hall–Kier alpha value is -1.32. The molecule has 0 saturated heterocycles. The van der Waals surface area contributed by atoms with E-state index in [0.29, 0.717) is 10.8 Å². The molecule has 0 aliphatic heterocycles. The average molecular weight is 281 g/mol. The second-order valence-electron chi connectivity index (χ2n) is 3.79. The summed E-state index contributed by atoms with van der Waals surface area (Å²) < 4.78 is 5.42. The molecular formula is C14H13ClO2S. The molecule has 0 fully saturated rings. The van der Waals surface area contributed by atoms with Crippen molar-refractivity contribution in [2.45, 2.75) is 13.3 Å². The van der Waals surface area contributed by atoms with Crippen molar-refractivity contribution < 1.29 is 9.53 Å². The fourth-order valence-corrected chi connectivity index (χ4v) is 2.47. The Morgan fingerprint density at radius 3 is 2.56 bits per heavy atom. The number of thiophene rings is 1. The largest absolute Gasteiger partial charge is 0.485 e. The molecule has 18 heavy (non-hydrogen) atoms. The highest BCUT2D eigenvalue weighted by molar-refractivity contribution is 7.14. The maximum Gasteiger partial charge on any atom is 0.210 e. The number of ketones is 1. The van der Waals surface area contributed by atoms with Crippen LogP contribution >= 0.6 is 22.9 Å². The molecule has 0 radical (unpaired) electrons. The lowest BCUT2D eigenvalue weighted by molar-refractivity contribution is 0.0925. The predicted octanol–water partition coefficient (Wildman–Crippen LogP) is 4.23. The van der Waals surface area contributed by atoms with E-state index in [0.717, 1.165) is 11.3 Å². The van der Waals surface area contributed by atoms with Crippen LogP contribution in [-0.2, 0) is 6.42 Å². The number of carbonyl (C=O) groups excluding carboxylic acids is 1. The van der Waals surface area contributed by atoms with Gasteiger partial charge in [0.1, 0.15) is 5.75 Å². The summed E-state index contributed by atoms with van der Waals surface area (Å²) in [7, 11) is 0. The fourth-order valence-electron chi connectivity index (χ4n) is 1.47. The fraction of sp³-hybridized carbons (Fsp3) is 0.214. The van der Waals surface area contributed by atoms with Gasteiger partial charge in [-0.15, -0.1) is 11.3 Å². The molecule has 2 aromatic rings. The number of aryl methyl sites for hydroxylation is 1. The van der Waals surface area contributed by atoms with E-state index in [2.05, 4.69) is 6.92 Å². The van der Waals surface area contributed by atoms with Gasteiger partial charge < -0.3 is 4.74 Å². The molecule has 1 aromatic heterocycles. The number of ether oxygens (including phenoxy) is 1. The van der Waals surface area contributed by atoms with Crippen molar-refractivity contribution in [1.82, 2.24) is 0 Å². The van der Waals surface area contributed by atoms with Crippen LogP contribution in [0.4, 0.5) is 0 Å². The van der Waals surface area contributed by atoms with Crippen molar-refractivity contribution in [3.63, 3.8) is 0 Å². The van der Waals surface area contributed by atoms with Gasteiger partial charge >= 0.3 is 0 Å². The van der Waals surface area contributed by atoms with Crippen LogP contribution in [0.1, 0.15) is 21.5 Å². The summed E-state index contributed by atoms with van der Waals surface area (Å²) in [6.45, 7) is 2.13. The first kappa shape index (κ1) is 13.1. The second kappa shape index (κ2) is 6.03. The molecule has 94 valence electrons. The number of hydrogen-bond donors (Lipinski definition) is 0. The van der Waals surface area contributed by atoms with E-state index in [-0.39, 0.29) is 12.4 Å². The number of hydrogen-bond acceptors (Lipinski definition) is 3. The SMILES string of the molecule is CCc1ccc(C(=O)COc2ccc(Cl)cc2)s1. The topological polar surface area (TPSA) is 26.3 Å². The first-order chi connectivity index (χ1) is 8.69. The Labute approximate surface area is 115 Å². The zero-order valence-electron chi connectivity index (χ0n) is 9.98. The van der Waals surface area contributed by atoms with Gasteiger partial charge in [-0.1, -0.05) is 18.5 Å². The van der Waals surface area contributed by atoms with Gasteiger partial charge in [0, 0.05) is 9.90 Å². The summed E-state index contributed by atoms with van der Waals surface area (Å²) >= 11 is 7.30. The first-order valence-electron chi connectivity index (χ1n) is 5.69. The van der Waals surface area contributed by atoms with Gasteiger partial charge in [0.05, 0.1) is 4.88 Å². The van der Waals surface area contributed by atoms with E-state index < -0.39 is 0 Å². The van der Waals surface area contributed by atoms with E-state index >= 15 is 0 Å². The van der Waals surface area contributed by atoms with Crippen LogP contribution in [-0.4, -0.2) is 12.4 Å². The highest BCUT2D eigenvalue weighted by Crippen LogP contribution is 2.19. The number of halogens is 1. The molecule has 0 bridgehead atoms. The van der Waals surface area contributed by atoms with Gasteiger partial charge in [-0.05, 0) is 42.8 Å². The standard InChI is InChI=1S/C14H13ClO2S/c1-2-12-7-8-14(18-12)13(16)9-17-11-5-3-10(15)4-6-11/h3-8H,2,9H2,1H3. The summed E-state index contributed by atoms with van der Waals surface area (Å²) in [4.78, 5) is 13.8. The molecule has 4 heteroatoms. The lowest BCUT2D eigenvalue weighted by Crippen LogP contribution is -2.09. The van der Waals surface area contributed by atoms with Gasteiger partial charge in [-0.25, -0.2) is 0 Å². The quantitative estimate of drug-likeness (QED) is 0.766. The summed E-state index contributed by atoms with van der Waals surface area (Å²) in [6.07, 6.45) is 0.954. The minimum Gasteiger partial charge on any atom is -0.485 e. The molecule has 2 nitrogen and oxygen atoms in total. The van der Waals surface area contributed by atoms with E-state index in [1.165, 1.54) is 16.2 Å². The summed E-state index contributed by atoms with van der Waals surface area (Å²) in [5.41, 5.74) is 0. The Morgan fingerprint density at radius 2 is 1.94 bits per heavy atom. The van der Waals surface area contributed by atoms with Crippen LogP contribution in [0.5, 0.6) is 5.75 Å². The molecule has 0 atom stereocenters. The maximum absolute atomic E-state index is 11.9. The van der Waals surface area contributed by atoms with Crippen molar-refractivity contribution in [2.75, 3.05) is 6.61 Å². The van der Waals surface area contributed by atoms with Gasteiger partial charge in [0.25, 0.3) is 0 Å². The lowest BCUT2D eigenvalue weighted by atomic mass is 10.3. The van der Waals surface area contributed by atoms with Gasteiger partial charge in [0.15, 0.2) is 6.61 Å². The zero-order valence-corrected chi connectivity index (χ0v) is 11.6. The second-order valence-corrected chi connectivity index (χ2v) is 5.39. The minimum atomic E-state index is 0.00894. The molecule has 1 heterocycles. The third kappa shape index (κ3) is 3.34. The first-order valence-corrected chi connectivity index (χ1v) is 6.88. The molecule has 0 unspecified atom stereocenters. The third-order valence-electron chi connectivity index (χ3n) is 2.47. The summed E-state index contributed by atoms with van der Waals surface area (Å²) in [5.74, 6) is 0.662. The number of benzene rings is 1. The summed E-state index contributed by atoms with van der Waals surface area (Å²) in [6, 6.07) is 10.8. The van der Waals surface area contributed by atoms with Gasteiger partial charge in [-0.2, -0.15) is 0 Å². The third-order valence-corrected chi connectivity index (χ3v) is 3.99. The van der Waals surface area contributed by atoms with Crippen molar-refractivity contribution in [1.29, 1.82) is 0 Å². The number of carbonyl (C=O) groups is 1. The van der Waals surface area contributed by atoms with Crippen LogP contribution in [0, 0.1) is 0 Å². The van der Waals surface area contributed by atoms with E-state index in [9.17, 15) is 4.79 Å². The Balaban J connectivity index is 1.93. The molecule has 0 amide bonds. The average Bonchev–Trinajstić information content (AvgIpc) is 2.86. The minimum absolute atomic E-state index is 0.00894. The molecule has 0 saturated carbocycles. The normalized spacial score (nSPS) is 10.3. The molecule has 0 aliphatic carbocycles. The Kier molecular flexibility index (Phi) is 4.39. The zero-order chi connectivity index (χ0) is 13.0. The predicted molar refractivity (Wildman–Crippen MR) is 75.0 cm³/mol. The van der Waals surface area contributed by atoms with E-state index in [1.54, 1.807) is 24.3 Å². The van der Waals surface area contributed by atoms with E-state index in [4.69, 9.17) is 16.3 Å². The highest BCUT2D eigenvalue weighted by Gasteiger charge is 2.09. The van der Waals surface area contributed by atoms with Crippen LogP contribution in [0.25, 0.3) is 0 Å². The van der Waals surface area contributed by atoms with Crippen LogP contribution in [0.2, 0.25) is 5.02 Å². The lowest BCUT2D eigenvalue weighted by Gasteiger charge is -2.04. The molecule has 0 spiro atoms. The highest BCUT2D eigenvalue weighted by atomic mass is 35.5. The summed E-state index contributed by atoms with van der Waals surface area (Å²) in [5, 5.41) is 0.652. The smallest absolute Gasteiger partial charge is 0.210 e. The van der Waals surface area contributed by atoms with Crippen molar-refractivity contribution >= 4 is 28.7 Å². The van der Waals surface area contributed by atoms with Crippen LogP contribution in [0.3, 0.4) is 0 Å². The molecule has 0 aliphatic rings. The van der Waals surface area contributed by atoms with Crippen LogP contribution in [0.15, 0.2) is 36.4 Å². The Bertz CT molecular complexity index is 531. The van der Waals surface area contributed by atoms with Crippen LogP contribution < -0.4 is 4.74 Å². The molecule has 0 N–H and O–H groups in total. The maximum atomic E-state index is 11.9. The van der Waals surface area contributed by atoms with Crippen molar-refractivity contribution in [2.24, 2.45) is 0 Å². The van der Waals surface area contributed by atoms with E-state index in [1.807, 2.05) is 12.1 Å². The van der Waals surface area contributed by atoms with Gasteiger partial charge in [0.2, 0.25) is 5.78 Å². The number of rotatable bonds is 5. The number of Topliss-reactive ketones (excluding diaryl/α,β-unsaturated/α-hetero) is 1. The molecule has 2 rings (SSSR count). The molecular weight excluding hydrogens is 268 g/mol. The molecule has 1 aromatic carbocycles. The van der Waals surface area contributed by atoms with Crippen molar-refractivity contribution in [3.8, 4) is 5.75 Å². The Morgan fingerprint density at radius 1 is 1.22 bits per heavy atom.